The van der Waals surface area contributed by atoms with Gasteiger partial charge in [0.25, 0.3) is 0 Å². The summed E-state index contributed by atoms with van der Waals surface area (Å²) in [7, 11) is 4.21. The van der Waals surface area contributed by atoms with E-state index in [1.807, 2.05) is 13.8 Å². The van der Waals surface area contributed by atoms with Crippen LogP contribution in [0.25, 0.3) is 10.9 Å². The van der Waals surface area contributed by atoms with Crippen LogP contribution in [0.3, 0.4) is 0 Å². The molecule has 7 heteroatoms. The Balaban J connectivity index is 1.85. The Morgan fingerprint density at radius 2 is 2.04 bits per heavy atom. The van der Waals surface area contributed by atoms with Crippen molar-refractivity contribution in [1.82, 2.24) is 19.9 Å². The van der Waals surface area contributed by atoms with Gasteiger partial charge in [0.05, 0.1) is 0 Å². The quantitative estimate of drug-likeness (QED) is 0.871. The number of fused-ring (bicyclic) bond motifs is 1. The average Bonchev–Trinajstić information content (AvgIpc) is 2.49. The lowest BCUT2D eigenvalue weighted by Crippen LogP contribution is -2.47. The van der Waals surface area contributed by atoms with Crippen LogP contribution in [0.1, 0.15) is 32.4 Å². The van der Waals surface area contributed by atoms with Gasteiger partial charge in [-0.15, -0.1) is 0 Å². The van der Waals surface area contributed by atoms with Crippen LogP contribution in [0, 0.1) is 11.3 Å². The zero-order chi connectivity index (χ0) is 17.3. The number of hydrogen-bond acceptors (Lipinski definition) is 7. The Hall–Kier alpha value is -2.46. The standard InChI is InChI=1S/C17H23N7/c1-10(2)20-16-15-11(5-13(8-18)21-16)9-19-17(23-15)22-12-6-14(7-12)24(3)4/h5,9-10,12,14H,6-7H2,1-4H3,(H,20,21)(H,19,22,23). The molecule has 2 aromatic heterocycles. The van der Waals surface area contributed by atoms with Crippen molar-refractivity contribution in [3.8, 4) is 6.07 Å². The van der Waals surface area contributed by atoms with Gasteiger partial charge in [0.2, 0.25) is 5.95 Å². The summed E-state index contributed by atoms with van der Waals surface area (Å²) in [5.41, 5.74) is 1.10. The smallest absolute Gasteiger partial charge is 0.223 e. The second kappa shape index (κ2) is 6.57. The Kier molecular flexibility index (Phi) is 4.49. The predicted molar refractivity (Wildman–Crippen MR) is 94.9 cm³/mol. The first kappa shape index (κ1) is 16.4. The molecular weight excluding hydrogens is 302 g/mol. The van der Waals surface area contributed by atoms with Crippen molar-refractivity contribution in [2.24, 2.45) is 0 Å². The van der Waals surface area contributed by atoms with Gasteiger partial charge in [0.15, 0.2) is 5.82 Å². The summed E-state index contributed by atoms with van der Waals surface area (Å²) in [6.07, 6.45) is 3.94. The number of nitrogens with one attached hydrogen (secondary N) is 2. The van der Waals surface area contributed by atoms with Crippen LogP contribution in [0.15, 0.2) is 12.3 Å². The van der Waals surface area contributed by atoms with E-state index >= 15 is 0 Å². The second-order valence-electron chi connectivity index (χ2n) is 6.83. The van der Waals surface area contributed by atoms with E-state index in [0.717, 1.165) is 23.7 Å². The first-order valence-corrected chi connectivity index (χ1v) is 8.23. The third-order valence-electron chi connectivity index (χ3n) is 4.28. The molecule has 0 unspecified atom stereocenters. The molecule has 2 N–H and O–H groups in total. The summed E-state index contributed by atoms with van der Waals surface area (Å²) in [5, 5.41) is 16.6. The SMILES string of the molecule is CC(C)Nc1nc(C#N)cc2cnc(NC3CC(N(C)C)C3)nc12. The van der Waals surface area contributed by atoms with E-state index in [4.69, 9.17) is 5.26 Å². The molecule has 0 amide bonds. The largest absolute Gasteiger partial charge is 0.366 e. The highest BCUT2D eigenvalue weighted by molar-refractivity contribution is 5.89. The number of aromatic nitrogens is 3. The highest BCUT2D eigenvalue weighted by atomic mass is 15.2. The van der Waals surface area contributed by atoms with Gasteiger partial charge >= 0.3 is 0 Å². The molecule has 0 aliphatic heterocycles. The fourth-order valence-electron chi connectivity index (χ4n) is 2.85. The van der Waals surface area contributed by atoms with E-state index in [2.05, 4.69) is 50.6 Å². The van der Waals surface area contributed by atoms with Gasteiger partial charge in [-0.25, -0.2) is 15.0 Å². The zero-order valence-electron chi connectivity index (χ0n) is 14.5. The molecule has 0 saturated heterocycles. The van der Waals surface area contributed by atoms with Gasteiger partial charge in [0, 0.05) is 29.7 Å². The van der Waals surface area contributed by atoms with Gasteiger partial charge < -0.3 is 15.5 Å². The molecule has 0 atom stereocenters. The van der Waals surface area contributed by atoms with E-state index in [9.17, 15) is 0 Å². The van der Waals surface area contributed by atoms with Gasteiger partial charge in [-0.05, 0) is 46.9 Å². The summed E-state index contributed by atoms with van der Waals surface area (Å²) < 4.78 is 0. The van der Waals surface area contributed by atoms with Gasteiger partial charge in [-0.3, -0.25) is 0 Å². The van der Waals surface area contributed by atoms with Crippen LogP contribution in [0.2, 0.25) is 0 Å². The van der Waals surface area contributed by atoms with E-state index in [1.54, 1.807) is 12.3 Å². The van der Waals surface area contributed by atoms with Crippen molar-refractivity contribution in [3.63, 3.8) is 0 Å². The lowest BCUT2D eigenvalue weighted by molar-refractivity contribution is 0.177. The Bertz CT molecular complexity index is 772. The third-order valence-corrected chi connectivity index (χ3v) is 4.28. The monoisotopic (exact) mass is 325 g/mol. The Labute approximate surface area is 142 Å². The zero-order valence-corrected chi connectivity index (χ0v) is 14.5. The van der Waals surface area contributed by atoms with Crippen molar-refractivity contribution in [3.05, 3.63) is 18.0 Å². The number of pyridine rings is 1. The third kappa shape index (κ3) is 3.39. The van der Waals surface area contributed by atoms with Crippen molar-refractivity contribution in [2.75, 3.05) is 24.7 Å². The van der Waals surface area contributed by atoms with Crippen LogP contribution in [-0.4, -0.2) is 52.1 Å². The number of nitrogens with zero attached hydrogens (tertiary/aromatic N) is 5. The normalized spacial score (nSPS) is 20.0. The summed E-state index contributed by atoms with van der Waals surface area (Å²) in [6, 6.07) is 5.04. The number of anilines is 2. The molecule has 1 aliphatic carbocycles. The average molecular weight is 325 g/mol. The maximum atomic E-state index is 9.14. The fourth-order valence-corrected chi connectivity index (χ4v) is 2.85. The van der Waals surface area contributed by atoms with E-state index in [-0.39, 0.29) is 6.04 Å². The van der Waals surface area contributed by atoms with Gasteiger partial charge in [0.1, 0.15) is 17.3 Å². The van der Waals surface area contributed by atoms with Crippen molar-refractivity contribution >= 4 is 22.7 Å². The van der Waals surface area contributed by atoms with Crippen molar-refractivity contribution in [2.45, 2.75) is 44.8 Å². The summed E-state index contributed by atoms with van der Waals surface area (Å²) in [6.45, 7) is 4.06. The molecule has 3 rings (SSSR count). The predicted octanol–water partition coefficient (Wildman–Crippen LogP) is 2.22. The summed E-state index contributed by atoms with van der Waals surface area (Å²) in [4.78, 5) is 15.6. The van der Waals surface area contributed by atoms with Gasteiger partial charge in [-0.1, -0.05) is 0 Å². The molecule has 7 nitrogen and oxygen atoms in total. The number of rotatable bonds is 5. The maximum Gasteiger partial charge on any atom is 0.223 e. The van der Waals surface area contributed by atoms with E-state index < -0.39 is 0 Å². The van der Waals surface area contributed by atoms with E-state index in [1.165, 1.54) is 0 Å². The van der Waals surface area contributed by atoms with Crippen LogP contribution < -0.4 is 10.6 Å². The molecule has 0 bridgehead atoms. The molecule has 0 aromatic carbocycles. The minimum absolute atomic E-state index is 0.202. The molecule has 126 valence electrons. The molecule has 1 fully saturated rings. The summed E-state index contributed by atoms with van der Waals surface area (Å²) in [5.74, 6) is 1.24. The van der Waals surface area contributed by atoms with Crippen molar-refractivity contribution < 1.29 is 0 Å². The summed E-state index contributed by atoms with van der Waals surface area (Å²) >= 11 is 0. The van der Waals surface area contributed by atoms with Crippen LogP contribution in [-0.2, 0) is 0 Å². The number of nitriles is 1. The maximum absolute atomic E-state index is 9.14. The topological polar surface area (TPSA) is 89.8 Å². The minimum atomic E-state index is 0.202. The highest BCUT2D eigenvalue weighted by Gasteiger charge is 2.30. The molecule has 1 saturated carbocycles. The Morgan fingerprint density at radius 1 is 1.29 bits per heavy atom. The second-order valence-corrected chi connectivity index (χ2v) is 6.83. The first-order valence-electron chi connectivity index (χ1n) is 8.23. The lowest BCUT2D eigenvalue weighted by atomic mass is 9.86. The van der Waals surface area contributed by atoms with Crippen molar-refractivity contribution in [1.29, 1.82) is 5.26 Å². The molecule has 0 radical (unpaired) electrons. The van der Waals surface area contributed by atoms with Gasteiger partial charge in [-0.2, -0.15) is 5.26 Å². The highest BCUT2D eigenvalue weighted by Crippen LogP contribution is 2.27. The minimum Gasteiger partial charge on any atom is -0.366 e. The number of hydrogen-bond donors (Lipinski definition) is 2. The Morgan fingerprint density at radius 3 is 2.67 bits per heavy atom. The molecule has 24 heavy (non-hydrogen) atoms. The molecule has 0 spiro atoms. The van der Waals surface area contributed by atoms with Crippen LogP contribution >= 0.6 is 0 Å². The molecule has 2 aromatic rings. The van der Waals surface area contributed by atoms with E-state index in [0.29, 0.717) is 29.5 Å². The molecule has 1 aliphatic rings. The molecule has 2 heterocycles. The van der Waals surface area contributed by atoms with Crippen LogP contribution in [0.4, 0.5) is 11.8 Å². The molecular formula is C17H23N7. The fraction of sp³-hybridized carbons (Fsp3) is 0.529. The first-order chi connectivity index (χ1) is 11.5. The van der Waals surface area contributed by atoms with Crippen LogP contribution in [0.5, 0.6) is 0 Å². The lowest BCUT2D eigenvalue weighted by Gasteiger charge is -2.39.